The number of hydrogen-bond acceptors (Lipinski definition) is 2. The molecule has 3 nitrogen and oxygen atoms in total. The summed E-state index contributed by atoms with van der Waals surface area (Å²) in [6.07, 6.45) is 0. The Morgan fingerprint density at radius 1 is 1.43 bits per heavy atom. The molecule has 4 heteroatoms. The van der Waals surface area contributed by atoms with Gasteiger partial charge < -0.3 is 4.74 Å². The molecule has 0 bridgehead atoms. The Labute approximate surface area is 90.0 Å². The first kappa shape index (κ1) is 11.4. The van der Waals surface area contributed by atoms with Crippen LogP contribution < -0.4 is 4.74 Å². The standard InChI is InChI=1S/C10H17ClN2O/c1-6-13-9(11)7(14-5)8(12-13)10(2,3)4/h6H2,1-5H3. The first-order valence-electron chi connectivity index (χ1n) is 4.72. The number of methoxy groups -OCH3 is 1. The monoisotopic (exact) mass is 216 g/mol. The summed E-state index contributed by atoms with van der Waals surface area (Å²) in [7, 11) is 1.62. The highest BCUT2D eigenvalue weighted by molar-refractivity contribution is 6.31. The van der Waals surface area contributed by atoms with Crippen LogP contribution in [0.5, 0.6) is 5.75 Å². The fourth-order valence-corrected chi connectivity index (χ4v) is 1.63. The van der Waals surface area contributed by atoms with E-state index in [2.05, 4.69) is 25.9 Å². The third-order valence-electron chi connectivity index (χ3n) is 2.06. The van der Waals surface area contributed by atoms with E-state index in [4.69, 9.17) is 16.3 Å². The number of rotatable bonds is 2. The molecule has 0 saturated heterocycles. The maximum absolute atomic E-state index is 6.11. The third-order valence-corrected chi connectivity index (χ3v) is 2.43. The van der Waals surface area contributed by atoms with Crippen molar-refractivity contribution in [3.8, 4) is 5.75 Å². The van der Waals surface area contributed by atoms with Gasteiger partial charge in [0.05, 0.1) is 7.11 Å². The number of hydrogen-bond donors (Lipinski definition) is 0. The lowest BCUT2D eigenvalue weighted by Gasteiger charge is -2.16. The zero-order chi connectivity index (χ0) is 10.9. The van der Waals surface area contributed by atoms with E-state index < -0.39 is 0 Å². The second-order valence-electron chi connectivity index (χ2n) is 4.24. The van der Waals surface area contributed by atoms with E-state index in [-0.39, 0.29) is 5.41 Å². The maximum Gasteiger partial charge on any atom is 0.179 e. The fourth-order valence-electron chi connectivity index (χ4n) is 1.31. The molecule has 1 heterocycles. The minimum absolute atomic E-state index is 0.0462. The minimum Gasteiger partial charge on any atom is -0.492 e. The van der Waals surface area contributed by atoms with Crippen molar-refractivity contribution in [2.75, 3.05) is 7.11 Å². The van der Waals surface area contributed by atoms with Crippen LogP contribution >= 0.6 is 11.6 Å². The van der Waals surface area contributed by atoms with Gasteiger partial charge in [0.1, 0.15) is 5.69 Å². The molecule has 14 heavy (non-hydrogen) atoms. The highest BCUT2D eigenvalue weighted by Gasteiger charge is 2.26. The van der Waals surface area contributed by atoms with Crippen LogP contribution in [0.25, 0.3) is 0 Å². The van der Waals surface area contributed by atoms with Gasteiger partial charge in [-0.05, 0) is 6.92 Å². The van der Waals surface area contributed by atoms with Crippen LogP contribution in [0.2, 0.25) is 5.15 Å². The molecule has 0 aliphatic heterocycles. The molecular weight excluding hydrogens is 200 g/mol. The van der Waals surface area contributed by atoms with E-state index in [1.807, 2.05) is 6.92 Å². The summed E-state index contributed by atoms with van der Waals surface area (Å²) in [6, 6.07) is 0. The summed E-state index contributed by atoms with van der Waals surface area (Å²) in [5.74, 6) is 0.695. The number of aryl methyl sites for hydroxylation is 1. The first-order chi connectivity index (χ1) is 6.41. The molecule has 0 amide bonds. The van der Waals surface area contributed by atoms with Crippen molar-refractivity contribution in [1.29, 1.82) is 0 Å². The van der Waals surface area contributed by atoms with E-state index in [1.165, 1.54) is 0 Å². The number of nitrogens with zero attached hydrogens (tertiary/aromatic N) is 2. The second kappa shape index (κ2) is 3.81. The van der Waals surface area contributed by atoms with E-state index >= 15 is 0 Å². The Balaban J connectivity index is 3.30. The van der Waals surface area contributed by atoms with Gasteiger partial charge in [-0.2, -0.15) is 5.10 Å². The van der Waals surface area contributed by atoms with Crippen LogP contribution in [-0.2, 0) is 12.0 Å². The quantitative estimate of drug-likeness (QED) is 0.760. The van der Waals surface area contributed by atoms with Gasteiger partial charge >= 0.3 is 0 Å². The van der Waals surface area contributed by atoms with Gasteiger partial charge in [0.2, 0.25) is 0 Å². The van der Waals surface area contributed by atoms with Crippen molar-refractivity contribution in [3.63, 3.8) is 0 Å². The Morgan fingerprint density at radius 2 is 2.00 bits per heavy atom. The Morgan fingerprint density at radius 3 is 2.29 bits per heavy atom. The summed E-state index contributed by atoms with van der Waals surface area (Å²) in [5, 5.41) is 5.01. The largest absolute Gasteiger partial charge is 0.492 e. The molecule has 0 spiro atoms. The summed E-state index contributed by atoms with van der Waals surface area (Å²) in [5.41, 5.74) is 0.863. The molecule has 1 aromatic heterocycles. The zero-order valence-corrected chi connectivity index (χ0v) is 10.1. The highest BCUT2D eigenvalue weighted by Crippen LogP contribution is 2.35. The molecule has 0 radical (unpaired) electrons. The predicted octanol–water partition coefficient (Wildman–Crippen LogP) is 2.86. The van der Waals surface area contributed by atoms with Crippen LogP contribution in [0.15, 0.2) is 0 Å². The van der Waals surface area contributed by atoms with E-state index in [1.54, 1.807) is 11.8 Å². The zero-order valence-electron chi connectivity index (χ0n) is 9.39. The molecule has 0 aliphatic rings. The van der Waals surface area contributed by atoms with Gasteiger partial charge in [-0.25, -0.2) is 0 Å². The topological polar surface area (TPSA) is 27.1 Å². The van der Waals surface area contributed by atoms with Gasteiger partial charge in [-0.1, -0.05) is 32.4 Å². The molecule has 0 N–H and O–H groups in total. The van der Waals surface area contributed by atoms with Crippen LogP contribution in [-0.4, -0.2) is 16.9 Å². The summed E-state index contributed by atoms with van der Waals surface area (Å²) >= 11 is 6.11. The highest BCUT2D eigenvalue weighted by atomic mass is 35.5. The summed E-state index contributed by atoms with van der Waals surface area (Å²) in [6.45, 7) is 9.03. The van der Waals surface area contributed by atoms with Crippen LogP contribution in [0.4, 0.5) is 0 Å². The molecular formula is C10H17ClN2O. The first-order valence-corrected chi connectivity index (χ1v) is 5.10. The Kier molecular flexibility index (Phi) is 3.10. The predicted molar refractivity (Wildman–Crippen MR) is 58.2 cm³/mol. The van der Waals surface area contributed by atoms with Crippen molar-refractivity contribution in [1.82, 2.24) is 9.78 Å². The lowest BCUT2D eigenvalue weighted by Crippen LogP contribution is -2.13. The molecule has 0 unspecified atom stereocenters. The molecule has 1 aromatic rings. The molecule has 0 saturated carbocycles. The number of ether oxygens (including phenoxy) is 1. The summed E-state index contributed by atoms with van der Waals surface area (Å²) in [4.78, 5) is 0. The molecule has 1 rings (SSSR count). The van der Waals surface area contributed by atoms with E-state index in [0.717, 1.165) is 12.2 Å². The molecule has 0 fully saturated rings. The molecule has 0 atom stereocenters. The Hall–Kier alpha value is -0.700. The number of halogens is 1. The maximum atomic E-state index is 6.11. The molecule has 80 valence electrons. The molecule has 0 aromatic carbocycles. The van der Waals surface area contributed by atoms with Crippen molar-refractivity contribution in [3.05, 3.63) is 10.8 Å². The van der Waals surface area contributed by atoms with Crippen LogP contribution in [0.1, 0.15) is 33.4 Å². The number of aromatic nitrogens is 2. The van der Waals surface area contributed by atoms with Crippen molar-refractivity contribution in [2.24, 2.45) is 0 Å². The van der Waals surface area contributed by atoms with E-state index in [0.29, 0.717) is 10.9 Å². The Bertz CT molecular complexity index is 326. The third kappa shape index (κ3) is 1.87. The van der Waals surface area contributed by atoms with E-state index in [9.17, 15) is 0 Å². The van der Waals surface area contributed by atoms with Gasteiger partial charge in [0.25, 0.3) is 0 Å². The minimum atomic E-state index is -0.0462. The van der Waals surface area contributed by atoms with Crippen LogP contribution in [0.3, 0.4) is 0 Å². The summed E-state index contributed by atoms with van der Waals surface area (Å²) < 4.78 is 7.02. The lowest BCUT2D eigenvalue weighted by atomic mass is 9.92. The van der Waals surface area contributed by atoms with Gasteiger partial charge in [0.15, 0.2) is 10.9 Å². The van der Waals surface area contributed by atoms with Crippen molar-refractivity contribution in [2.45, 2.75) is 39.7 Å². The molecule has 0 aliphatic carbocycles. The SMILES string of the molecule is CCn1nc(C(C)(C)C)c(OC)c1Cl. The van der Waals surface area contributed by atoms with Gasteiger partial charge in [-0.3, -0.25) is 4.68 Å². The smallest absolute Gasteiger partial charge is 0.179 e. The van der Waals surface area contributed by atoms with Crippen LogP contribution in [0, 0.1) is 0 Å². The van der Waals surface area contributed by atoms with Crippen molar-refractivity contribution >= 4 is 11.6 Å². The van der Waals surface area contributed by atoms with Gasteiger partial charge in [-0.15, -0.1) is 0 Å². The average molecular weight is 217 g/mol. The van der Waals surface area contributed by atoms with Crippen molar-refractivity contribution < 1.29 is 4.74 Å². The normalized spacial score (nSPS) is 11.9. The van der Waals surface area contributed by atoms with Gasteiger partial charge in [0, 0.05) is 12.0 Å². The fraction of sp³-hybridized carbons (Fsp3) is 0.700. The lowest BCUT2D eigenvalue weighted by molar-refractivity contribution is 0.397. The second-order valence-corrected chi connectivity index (χ2v) is 4.60. The average Bonchev–Trinajstić information content (AvgIpc) is 2.41.